The van der Waals surface area contributed by atoms with Crippen molar-refractivity contribution in [3.05, 3.63) is 0 Å². The van der Waals surface area contributed by atoms with E-state index < -0.39 is 11.4 Å². The molecule has 1 amide bonds. The third-order valence-electron chi connectivity index (χ3n) is 3.11. The monoisotopic (exact) mass is 243 g/mol. The lowest BCUT2D eigenvalue weighted by molar-refractivity contribution is -0.149. The third kappa shape index (κ3) is 4.73. The van der Waals surface area contributed by atoms with Crippen LogP contribution >= 0.6 is 0 Å². The lowest BCUT2D eigenvalue weighted by Crippen LogP contribution is -2.36. The Morgan fingerprint density at radius 1 is 1.35 bits per heavy atom. The number of nitrogens with one attached hydrogen (secondary N) is 1. The number of hydrogen-bond acceptors (Lipinski definition) is 3. The zero-order valence-corrected chi connectivity index (χ0v) is 10.5. The van der Waals surface area contributed by atoms with Crippen LogP contribution in [0.1, 0.15) is 33.1 Å². The molecule has 17 heavy (non-hydrogen) atoms. The second-order valence-electron chi connectivity index (χ2n) is 5.23. The van der Waals surface area contributed by atoms with E-state index >= 15 is 0 Å². The summed E-state index contributed by atoms with van der Waals surface area (Å²) in [7, 11) is 0. The molecule has 1 saturated heterocycles. The van der Waals surface area contributed by atoms with Crippen LogP contribution in [0, 0.1) is 11.3 Å². The largest absolute Gasteiger partial charge is 0.481 e. The van der Waals surface area contributed by atoms with Crippen molar-refractivity contribution in [2.75, 3.05) is 19.8 Å². The number of rotatable bonds is 5. The molecule has 1 fully saturated rings. The van der Waals surface area contributed by atoms with E-state index in [0.29, 0.717) is 12.5 Å². The Morgan fingerprint density at radius 2 is 1.94 bits per heavy atom. The van der Waals surface area contributed by atoms with Gasteiger partial charge in [0.2, 0.25) is 5.91 Å². The SMILES string of the molecule is CC(C)(CC(=O)NCC1CCOCC1)C(=O)O. The van der Waals surface area contributed by atoms with Crippen LogP contribution in [0.3, 0.4) is 0 Å². The topological polar surface area (TPSA) is 75.6 Å². The number of carboxylic acid groups (broad SMARTS) is 1. The van der Waals surface area contributed by atoms with Crippen molar-refractivity contribution < 1.29 is 19.4 Å². The van der Waals surface area contributed by atoms with Crippen molar-refractivity contribution in [3.63, 3.8) is 0 Å². The van der Waals surface area contributed by atoms with Crippen LogP contribution in [0.15, 0.2) is 0 Å². The molecule has 1 aliphatic heterocycles. The average Bonchev–Trinajstić information content (AvgIpc) is 2.27. The minimum Gasteiger partial charge on any atom is -0.481 e. The normalized spacial score (nSPS) is 17.8. The summed E-state index contributed by atoms with van der Waals surface area (Å²) in [5.41, 5.74) is -1.00. The van der Waals surface area contributed by atoms with Gasteiger partial charge in [-0.2, -0.15) is 0 Å². The van der Waals surface area contributed by atoms with Crippen molar-refractivity contribution in [2.45, 2.75) is 33.1 Å². The second-order valence-corrected chi connectivity index (χ2v) is 5.23. The number of carbonyl (C=O) groups is 2. The molecule has 0 atom stereocenters. The van der Waals surface area contributed by atoms with Crippen LogP contribution in [-0.2, 0) is 14.3 Å². The van der Waals surface area contributed by atoms with Crippen molar-refractivity contribution in [2.24, 2.45) is 11.3 Å². The highest BCUT2D eigenvalue weighted by Gasteiger charge is 2.30. The molecule has 0 aromatic carbocycles. The summed E-state index contributed by atoms with van der Waals surface area (Å²) in [6, 6.07) is 0. The van der Waals surface area contributed by atoms with Crippen LogP contribution < -0.4 is 5.32 Å². The Balaban J connectivity index is 2.27. The minimum atomic E-state index is -1.00. The molecular weight excluding hydrogens is 222 g/mol. The Hall–Kier alpha value is -1.10. The van der Waals surface area contributed by atoms with Crippen LogP contribution in [0.25, 0.3) is 0 Å². The standard InChI is InChI=1S/C12H21NO4/c1-12(2,11(15)16)7-10(14)13-8-9-3-5-17-6-4-9/h9H,3-8H2,1-2H3,(H,13,14)(H,15,16). The predicted molar refractivity (Wildman–Crippen MR) is 62.6 cm³/mol. The quantitative estimate of drug-likeness (QED) is 0.756. The highest BCUT2D eigenvalue weighted by Crippen LogP contribution is 2.20. The Bertz CT molecular complexity index is 282. The molecular formula is C12H21NO4. The summed E-state index contributed by atoms with van der Waals surface area (Å²) in [6.07, 6.45) is 1.94. The summed E-state index contributed by atoms with van der Waals surface area (Å²) in [5.74, 6) is -0.678. The van der Waals surface area contributed by atoms with E-state index in [4.69, 9.17) is 9.84 Å². The first-order valence-electron chi connectivity index (χ1n) is 5.99. The fourth-order valence-electron chi connectivity index (χ4n) is 1.75. The minimum absolute atomic E-state index is 0.0194. The molecule has 0 spiro atoms. The Morgan fingerprint density at radius 3 is 2.47 bits per heavy atom. The number of carbonyl (C=O) groups excluding carboxylic acids is 1. The molecule has 0 unspecified atom stereocenters. The van der Waals surface area contributed by atoms with Crippen LogP contribution in [0.4, 0.5) is 0 Å². The lowest BCUT2D eigenvalue weighted by Gasteiger charge is -2.23. The molecule has 1 heterocycles. The lowest BCUT2D eigenvalue weighted by atomic mass is 9.89. The van der Waals surface area contributed by atoms with Gasteiger partial charge in [-0.3, -0.25) is 9.59 Å². The van der Waals surface area contributed by atoms with Gasteiger partial charge in [-0.15, -0.1) is 0 Å². The van der Waals surface area contributed by atoms with Crippen molar-refractivity contribution in [1.82, 2.24) is 5.32 Å². The number of ether oxygens (including phenoxy) is 1. The molecule has 98 valence electrons. The molecule has 0 saturated carbocycles. The molecule has 1 aliphatic rings. The first-order chi connectivity index (χ1) is 7.92. The zero-order chi connectivity index (χ0) is 12.9. The summed E-state index contributed by atoms with van der Waals surface area (Å²) in [6.45, 7) is 5.24. The molecule has 0 aromatic heterocycles. The summed E-state index contributed by atoms with van der Waals surface area (Å²) < 4.78 is 5.23. The van der Waals surface area contributed by atoms with Gasteiger partial charge < -0.3 is 15.2 Å². The van der Waals surface area contributed by atoms with E-state index in [-0.39, 0.29) is 12.3 Å². The highest BCUT2D eigenvalue weighted by molar-refractivity contribution is 5.84. The van der Waals surface area contributed by atoms with Gasteiger partial charge in [0.15, 0.2) is 0 Å². The fourth-order valence-corrected chi connectivity index (χ4v) is 1.75. The first kappa shape index (κ1) is 14.0. The maximum atomic E-state index is 11.6. The van der Waals surface area contributed by atoms with Gasteiger partial charge in [-0.25, -0.2) is 0 Å². The van der Waals surface area contributed by atoms with Gasteiger partial charge in [0.05, 0.1) is 5.41 Å². The van der Waals surface area contributed by atoms with Gasteiger partial charge in [0.25, 0.3) is 0 Å². The summed E-state index contributed by atoms with van der Waals surface area (Å²) in [5, 5.41) is 11.7. The molecule has 5 heteroatoms. The van der Waals surface area contributed by atoms with E-state index in [1.165, 1.54) is 0 Å². The first-order valence-corrected chi connectivity index (χ1v) is 5.99. The van der Waals surface area contributed by atoms with E-state index in [9.17, 15) is 9.59 Å². The predicted octanol–water partition coefficient (Wildman–Crippen LogP) is 1.03. The van der Waals surface area contributed by atoms with E-state index in [1.807, 2.05) is 0 Å². The molecule has 0 aliphatic carbocycles. The van der Waals surface area contributed by atoms with Gasteiger partial charge in [0, 0.05) is 26.2 Å². The summed E-state index contributed by atoms with van der Waals surface area (Å²) >= 11 is 0. The van der Waals surface area contributed by atoms with E-state index in [1.54, 1.807) is 13.8 Å². The molecule has 0 aromatic rings. The number of hydrogen-bond donors (Lipinski definition) is 2. The van der Waals surface area contributed by atoms with Gasteiger partial charge in [0.1, 0.15) is 0 Å². The van der Waals surface area contributed by atoms with E-state index in [2.05, 4.69) is 5.32 Å². The Labute approximate surface area is 102 Å². The molecule has 2 N–H and O–H groups in total. The smallest absolute Gasteiger partial charge is 0.309 e. The molecule has 5 nitrogen and oxygen atoms in total. The average molecular weight is 243 g/mol. The van der Waals surface area contributed by atoms with Crippen molar-refractivity contribution >= 4 is 11.9 Å². The Kier molecular flexibility index (Phi) is 4.93. The maximum Gasteiger partial charge on any atom is 0.309 e. The maximum absolute atomic E-state index is 11.6. The third-order valence-corrected chi connectivity index (χ3v) is 3.11. The number of amides is 1. The highest BCUT2D eigenvalue weighted by atomic mass is 16.5. The molecule has 0 radical (unpaired) electrons. The summed E-state index contributed by atoms with van der Waals surface area (Å²) in [4.78, 5) is 22.5. The van der Waals surface area contributed by atoms with Gasteiger partial charge in [-0.05, 0) is 32.6 Å². The molecule has 0 bridgehead atoms. The fraction of sp³-hybridized carbons (Fsp3) is 0.833. The van der Waals surface area contributed by atoms with E-state index in [0.717, 1.165) is 26.1 Å². The number of carboxylic acids is 1. The number of aliphatic carboxylic acids is 1. The van der Waals surface area contributed by atoms with Crippen molar-refractivity contribution in [1.29, 1.82) is 0 Å². The van der Waals surface area contributed by atoms with Crippen LogP contribution in [0.5, 0.6) is 0 Å². The van der Waals surface area contributed by atoms with Gasteiger partial charge in [-0.1, -0.05) is 0 Å². The van der Waals surface area contributed by atoms with Crippen LogP contribution in [0.2, 0.25) is 0 Å². The molecule has 1 rings (SSSR count). The zero-order valence-electron chi connectivity index (χ0n) is 10.5. The van der Waals surface area contributed by atoms with Crippen LogP contribution in [-0.4, -0.2) is 36.7 Å². The van der Waals surface area contributed by atoms with Crippen molar-refractivity contribution in [3.8, 4) is 0 Å². The van der Waals surface area contributed by atoms with Gasteiger partial charge >= 0.3 is 5.97 Å². The second kappa shape index (κ2) is 6.00.